The second-order valence-corrected chi connectivity index (χ2v) is 6.25. The zero-order chi connectivity index (χ0) is 17.8. The Morgan fingerprint density at radius 3 is 2.96 bits per heavy atom. The van der Waals surface area contributed by atoms with Crippen LogP contribution < -0.4 is 15.0 Å². The Balaban J connectivity index is 1.71. The molecular weight excluding hydrogens is 318 g/mol. The molecule has 0 radical (unpaired) electrons. The molecule has 1 aliphatic heterocycles. The third-order valence-electron chi connectivity index (χ3n) is 4.25. The van der Waals surface area contributed by atoms with E-state index in [0.717, 1.165) is 17.7 Å². The lowest BCUT2D eigenvalue weighted by Gasteiger charge is -2.29. The van der Waals surface area contributed by atoms with Gasteiger partial charge in [0.2, 0.25) is 11.8 Å². The number of benzene rings is 1. The van der Waals surface area contributed by atoms with E-state index < -0.39 is 0 Å². The van der Waals surface area contributed by atoms with Gasteiger partial charge in [-0.1, -0.05) is 25.1 Å². The number of methoxy groups -OCH3 is 1. The molecule has 0 aliphatic carbocycles. The summed E-state index contributed by atoms with van der Waals surface area (Å²) in [6.45, 7) is 2.07. The molecule has 1 N–H and O–H groups in total. The van der Waals surface area contributed by atoms with E-state index in [1.165, 1.54) is 4.90 Å². The van der Waals surface area contributed by atoms with Crippen LogP contribution >= 0.6 is 0 Å². The van der Waals surface area contributed by atoms with Gasteiger partial charge in [-0.2, -0.15) is 0 Å². The number of carbonyl (C=O) groups is 2. The number of hydrogen-bond acceptors (Lipinski definition) is 4. The number of aromatic nitrogens is 1. The van der Waals surface area contributed by atoms with Gasteiger partial charge in [0.15, 0.2) is 0 Å². The predicted molar refractivity (Wildman–Crippen MR) is 95.7 cm³/mol. The third kappa shape index (κ3) is 3.79. The summed E-state index contributed by atoms with van der Waals surface area (Å²) in [6, 6.07) is 9.56. The Hall–Kier alpha value is -2.89. The number of ether oxygens (including phenoxy) is 1. The van der Waals surface area contributed by atoms with Crippen LogP contribution in [0.5, 0.6) is 5.75 Å². The lowest BCUT2D eigenvalue weighted by molar-refractivity contribution is -0.122. The van der Waals surface area contributed by atoms with Gasteiger partial charge in [-0.05, 0) is 30.0 Å². The van der Waals surface area contributed by atoms with Gasteiger partial charge < -0.3 is 15.0 Å². The van der Waals surface area contributed by atoms with E-state index in [1.54, 1.807) is 25.6 Å². The zero-order valence-corrected chi connectivity index (χ0v) is 14.4. The minimum atomic E-state index is -0.203. The van der Waals surface area contributed by atoms with Gasteiger partial charge >= 0.3 is 0 Å². The fraction of sp³-hybridized carbons (Fsp3) is 0.316. The van der Waals surface area contributed by atoms with E-state index in [9.17, 15) is 9.59 Å². The van der Waals surface area contributed by atoms with E-state index in [2.05, 4.69) is 10.3 Å². The molecule has 2 amide bonds. The smallest absolute Gasteiger partial charge is 0.244 e. The van der Waals surface area contributed by atoms with Crippen molar-refractivity contribution in [2.45, 2.75) is 19.8 Å². The van der Waals surface area contributed by atoms with Gasteiger partial charge in [0.25, 0.3) is 0 Å². The normalized spacial score (nSPS) is 14.5. The molecule has 1 atom stereocenters. The molecule has 0 spiro atoms. The quantitative estimate of drug-likeness (QED) is 0.909. The van der Waals surface area contributed by atoms with Crippen LogP contribution in [-0.4, -0.2) is 30.5 Å². The molecule has 6 nitrogen and oxygen atoms in total. The maximum Gasteiger partial charge on any atom is 0.244 e. The summed E-state index contributed by atoms with van der Waals surface area (Å²) in [7, 11) is 1.64. The van der Waals surface area contributed by atoms with Crippen LogP contribution in [0.25, 0.3) is 0 Å². The fourth-order valence-corrected chi connectivity index (χ4v) is 3.09. The van der Waals surface area contributed by atoms with Gasteiger partial charge in [-0.3, -0.25) is 14.6 Å². The molecule has 130 valence electrons. The van der Waals surface area contributed by atoms with E-state index in [4.69, 9.17) is 4.74 Å². The molecule has 0 unspecified atom stereocenters. The summed E-state index contributed by atoms with van der Waals surface area (Å²) < 4.78 is 5.37. The number of fused-ring (bicyclic) bond motifs is 1. The summed E-state index contributed by atoms with van der Waals surface area (Å²) in [5.41, 5.74) is 2.35. The zero-order valence-electron chi connectivity index (χ0n) is 14.4. The summed E-state index contributed by atoms with van der Waals surface area (Å²) >= 11 is 0. The number of nitrogens with one attached hydrogen (secondary N) is 1. The lowest BCUT2D eigenvalue weighted by atomic mass is 9.96. The Kier molecular flexibility index (Phi) is 4.97. The van der Waals surface area contributed by atoms with E-state index in [1.807, 2.05) is 31.2 Å². The first-order valence-corrected chi connectivity index (χ1v) is 8.24. The molecular formula is C19H21N3O3. The molecule has 0 fully saturated rings. The Morgan fingerprint density at radius 2 is 2.16 bits per heavy atom. The largest absolute Gasteiger partial charge is 0.496 e. The van der Waals surface area contributed by atoms with Crippen LogP contribution in [0, 0.1) is 5.92 Å². The van der Waals surface area contributed by atoms with E-state index in [-0.39, 0.29) is 24.3 Å². The highest BCUT2D eigenvalue weighted by Gasteiger charge is 2.27. The molecule has 1 aromatic carbocycles. The van der Waals surface area contributed by atoms with Crippen molar-refractivity contribution < 1.29 is 14.3 Å². The van der Waals surface area contributed by atoms with E-state index >= 15 is 0 Å². The van der Waals surface area contributed by atoms with Gasteiger partial charge in [0.1, 0.15) is 12.3 Å². The van der Waals surface area contributed by atoms with Crippen molar-refractivity contribution >= 4 is 23.2 Å². The van der Waals surface area contributed by atoms with Crippen LogP contribution in [0.4, 0.5) is 11.4 Å². The van der Waals surface area contributed by atoms with Crippen molar-refractivity contribution in [1.82, 2.24) is 4.98 Å². The number of hydrogen-bond donors (Lipinski definition) is 1. The maximum atomic E-state index is 12.8. The average Bonchev–Trinajstić information content (AvgIpc) is 2.61. The molecule has 0 saturated heterocycles. The summed E-state index contributed by atoms with van der Waals surface area (Å²) in [6.07, 6.45) is 4.27. The molecule has 25 heavy (non-hydrogen) atoms. The molecule has 0 bridgehead atoms. The summed E-state index contributed by atoms with van der Waals surface area (Å²) in [5, 5.41) is 2.74. The third-order valence-corrected chi connectivity index (χ3v) is 4.25. The van der Waals surface area contributed by atoms with Crippen molar-refractivity contribution in [2.24, 2.45) is 5.92 Å². The van der Waals surface area contributed by atoms with Crippen molar-refractivity contribution in [3.8, 4) is 5.75 Å². The molecule has 1 aromatic heterocycles. The van der Waals surface area contributed by atoms with Crippen LogP contribution in [0.1, 0.15) is 18.9 Å². The standard InChI is InChI=1S/C19H21N3O3/c1-13(9-14-5-3-4-6-17(14)25-2)10-19(24)22-12-18(23)21-15-11-20-8-7-16(15)22/h3-8,11,13H,9-10,12H2,1-2H3,(H,21,23)/t13-/m1/s1. The van der Waals surface area contributed by atoms with Crippen molar-refractivity contribution in [3.05, 3.63) is 48.3 Å². The molecule has 6 heteroatoms. The Labute approximate surface area is 146 Å². The number of rotatable bonds is 5. The van der Waals surface area contributed by atoms with Gasteiger partial charge in [-0.25, -0.2) is 0 Å². The molecule has 2 aromatic rings. The number of pyridine rings is 1. The average molecular weight is 339 g/mol. The number of anilines is 2. The molecule has 0 saturated carbocycles. The summed E-state index contributed by atoms with van der Waals surface area (Å²) in [5.74, 6) is 0.686. The number of carbonyl (C=O) groups excluding carboxylic acids is 2. The maximum absolute atomic E-state index is 12.8. The molecule has 2 heterocycles. The lowest BCUT2D eigenvalue weighted by Crippen LogP contribution is -2.42. The summed E-state index contributed by atoms with van der Waals surface area (Å²) in [4.78, 5) is 30.1. The highest BCUT2D eigenvalue weighted by molar-refractivity contribution is 6.09. The van der Waals surface area contributed by atoms with Crippen LogP contribution in [0.2, 0.25) is 0 Å². The monoisotopic (exact) mass is 339 g/mol. The second-order valence-electron chi connectivity index (χ2n) is 6.25. The van der Waals surface area contributed by atoms with Crippen LogP contribution in [0.15, 0.2) is 42.7 Å². The first-order chi connectivity index (χ1) is 12.1. The number of para-hydroxylation sites is 1. The molecule has 3 rings (SSSR count). The van der Waals surface area contributed by atoms with Gasteiger partial charge in [0.05, 0.1) is 24.7 Å². The Morgan fingerprint density at radius 1 is 1.36 bits per heavy atom. The van der Waals surface area contributed by atoms with Crippen molar-refractivity contribution in [2.75, 3.05) is 23.9 Å². The minimum Gasteiger partial charge on any atom is -0.496 e. The van der Waals surface area contributed by atoms with Gasteiger partial charge in [-0.15, -0.1) is 0 Å². The number of amides is 2. The second kappa shape index (κ2) is 7.34. The van der Waals surface area contributed by atoms with E-state index in [0.29, 0.717) is 17.8 Å². The van der Waals surface area contributed by atoms with Crippen molar-refractivity contribution in [1.29, 1.82) is 0 Å². The van der Waals surface area contributed by atoms with Gasteiger partial charge in [0, 0.05) is 12.6 Å². The fourth-order valence-electron chi connectivity index (χ4n) is 3.09. The SMILES string of the molecule is COc1ccccc1C[C@@H](C)CC(=O)N1CC(=O)Nc2cnccc21. The Bertz CT molecular complexity index is 791. The van der Waals surface area contributed by atoms with Crippen LogP contribution in [-0.2, 0) is 16.0 Å². The van der Waals surface area contributed by atoms with Crippen LogP contribution in [0.3, 0.4) is 0 Å². The highest BCUT2D eigenvalue weighted by Crippen LogP contribution is 2.29. The highest BCUT2D eigenvalue weighted by atomic mass is 16.5. The first kappa shape index (κ1) is 17.0. The minimum absolute atomic E-state index is 0.0389. The van der Waals surface area contributed by atoms with Crippen molar-refractivity contribution in [3.63, 3.8) is 0 Å². The topological polar surface area (TPSA) is 71.5 Å². The predicted octanol–water partition coefficient (Wildman–Crippen LogP) is 2.64. The molecule has 1 aliphatic rings. The number of nitrogens with zero attached hydrogens (tertiary/aromatic N) is 2. The first-order valence-electron chi connectivity index (χ1n) is 8.24.